The van der Waals surface area contributed by atoms with Crippen LogP contribution in [0.3, 0.4) is 0 Å². The number of hydrogen-bond donors (Lipinski definition) is 2. The van der Waals surface area contributed by atoms with Crippen LogP contribution in [-0.4, -0.2) is 36.4 Å². The molecular weight excluding hydrogens is 336 g/mol. The molecule has 0 aliphatic heterocycles. The van der Waals surface area contributed by atoms with E-state index in [0.717, 1.165) is 0 Å². The Morgan fingerprint density at radius 3 is 1.19 bits per heavy atom. The highest BCUT2D eigenvalue weighted by atomic mass is 16.5. The molecule has 0 saturated carbocycles. The van der Waals surface area contributed by atoms with Crippen molar-refractivity contribution in [2.45, 2.75) is 25.0 Å². The van der Waals surface area contributed by atoms with E-state index in [1.165, 1.54) is 52.3 Å². The Bertz CT molecular complexity index is 719. The Kier molecular flexibility index (Phi) is 5.49. The fraction of sp³-hybridized carbons (Fsp3) is 0.300. The van der Waals surface area contributed by atoms with Gasteiger partial charge in [-0.1, -0.05) is 24.3 Å². The summed E-state index contributed by atoms with van der Waals surface area (Å²) in [6.07, 6.45) is 0. The van der Waals surface area contributed by atoms with Crippen LogP contribution < -0.4 is 0 Å². The van der Waals surface area contributed by atoms with Gasteiger partial charge in [0.2, 0.25) is 0 Å². The molecule has 0 heterocycles. The van der Waals surface area contributed by atoms with Crippen molar-refractivity contribution in [1.29, 1.82) is 0 Å². The fourth-order valence-corrected chi connectivity index (χ4v) is 2.66. The maximum atomic E-state index is 11.5. The van der Waals surface area contributed by atoms with Gasteiger partial charge in [-0.05, 0) is 49.2 Å². The minimum Gasteiger partial charge on any atom is -0.465 e. The van der Waals surface area contributed by atoms with Crippen LogP contribution in [0.2, 0.25) is 0 Å². The van der Waals surface area contributed by atoms with E-state index in [1.807, 2.05) is 0 Å². The molecule has 6 heteroatoms. The van der Waals surface area contributed by atoms with E-state index in [4.69, 9.17) is 0 Å². The Morgan fingerprint density at radius 2 is 0.962 bits per heavy atom. The highest BCUT2D eigenvalue weighted by Crippen LogP contribution is 2.40. The Morgan fingerprint density at radius 1 is 0.692 bits per heavy atom. The molecular formula is C20H22O6. The zero-order valence-electron chi connectivity index (χ0n) is 15.1. The van der Waals surface area contributed by atoms with Crippen LogP contribution in [0.25, 0.3) is 0 Å². The Labute approximate surface area is 152 Å². The van der Waals surface area contributed by atoms with Crippen LogP contribution in [-0.2, 0) is 20.7 Å². The van der Waals surface area contributed by atoms with Crippen molar-refractivity contribution in [3.05, 3.63) is 70.8 Å². The Balaban J connectivity index is 2.36. The molecule has 26 heavy (non-hydrogen) atoms. The second-order valence-corrected chi connectivity index (χ2v) is 6.28. The molecule has 2 rings (SSSR count). The number of hydrogen-bond acceptors (Lipinski definition) is 6. The zero-order valence-corrected chi connectivity index (χ0v) is 15.1. The largest absolute Gasteiger partial charge is 0.465 e. The second kappa shape index (κ2) is 7.27. The van der Waals surface area contributed by atoms with Crippen LogP contribution in [0, 0.1) is 0 Å². The third kappa shape index (κ3) is 3.47. The summed E-state index contributed by atoms with van der Waals surface area (Å²) in [4.78, 5) is 23.1. The highest BCUT2D eigenvalue weighted by molar-refractivity contribution is 5.89. The molecule has 0 aromatic heterocycles. The van der Waals surface area contributed by atoms with Crippen molar-refractivity contribution in [3.63, 3.8) is 0 Å². The maximum Gasteiger partial charge on any atom is 0.337 e. The predicted molar refractivity (Wildman–Crippen MR) is 94.7 cm³/mol. The number of aliphatic hydroxyl groups is 2. The van der Waals surface area contributed by atoms with Gasteiger partial charge in [0.15, 0.2) is 0 Å². The number of carbonyl (C=O) groups is 2. The molecule has 2 N–H and O–H groups in total. The molecule has 0 radical (unpaired) electrons. The maximum absolute atomic E-state index is 11.5. The molecule has 2 atom stereocenters. The van der Waals surface area contributed by atoms with Crippen LogP contribution in [0.1, 0.15) is 45.7 Å². The first kappa shape index (κ1) is 19.6. The van der Waals surface area contributed by atoms with E-state index in [9.17, 15) is 19.8 Å². The zero-order chi connectivity index (χ0) is 19.5. The van der Waals surface area contributed by atoms with Gasteiger partial charge < -0.3 is 19.7 Å². The summed E-state index contributed by atoms with van der Waals surface area (Å²) >= 11 is 0. The lowest BCUT2D eigenvalue weighted by Crippen LogP contribution is -2.45. The summed E-state index contributed by atoms with van der Waals surface area (Å²) in [5.41, 5.74) is -1.79. The number of carbonyl (C=O) groups excluding carboxylic acids is 2. The lowest BCUT2D eigenvalue weighted by molar-refractivity contribution is -0.143. The van der Waals surface area contributed by atoms with Crippen LogP contribution in [0.4, 0.5) is 0 Å². The molecule has 138 valence electrons. The average molecular weight is 358 g/mol. The number of rotatable bonds is 5. The topological polar surface area (TPSA) is 93.1 Å². The number of ether oxygens (including phenoxy) is 2. The molecule has 0 aliphatic rings. The molecule has 0 fully saturated rings. The summed E-state index contributed by atoms with van der Waals surface area (Å²) < 4.78 is 9.30. The van der Waals surface area contributed by atoms with Gasteiger partial charge in [-0.2, -0.15) is 0 Å². The van der Waals surface area contributed by atoms with Crippen molar-refractivity contribution in [1.82, 2.24) is 0 Å². The normalized spacial score (nSPS) is 15.5. The molecule has 0 saturated heterocycles. The van der Waals surface area contributed by atoms with Crippen molar-refractivity contribution >= 4 is 11.9 Å². The van der Waals surface area contributed by atoms with E-state index >= 15 is 0 Å². The molecule has 0 unspecified atom stereocenters. The van der Waals surface area contributed by atoms with E-state index in [0.29, 0.717) is 22.3 Å². The summed E-state index contributed by atoms with van der Waals surface area (Å²) in [5, 5.41) is 22.0. The minimum atomic E-state index is -1.66. The van der Waals surface area contributed by atoms with Gasteiger partial charge in [-0.3, -0.25) is 0 Å². The van der Waals surface area contributed by atoms with Gasteiger partial charge in [0.25, 0.3) is 0 Å². The molecule has 0 aliphatic carbocycles. The van der Waals surface area contributed by atoms with Gasteiger partial charge in [-0.15, -0.1) is 0 Å². The summed E-state index contributed by atoms with van der Waals surface area (Å²) in [7, 11) is 2.57. The highest BCUT2D eigenvalue weighted by Gasteiger charge is 2.44. The van der Waals surface area contributed by atoms with Crippen LogP contribution in [0.15, 0.2) is 48.5 Å². The van der Waals surface area contributed by atoms with Crippen molar-refractivity contribution in [2.75, 3.05) is 14.2 Å². The van der Waals surface area contributed by atoms with Crippen molar-refractivity contribution in [2.24, 2.45) is 0 Å². The van der Waals surface area contributed by atoms with Crippen LogP contribution >= 0.6 is 0 Å². The molecule has 6 nitrogen and oxygen atoms in total. The monoisotopic (exact) mass is 358 g/mol. The quantitative estimate of drug-likeness (QED) is 0.797. The molecule has 2 aromatic rings. The van der Waals surface area contributed by atoms with Gasteiger partial charge in [0.1, 0.15) is 11.2 Å². The fourth-order valence-electron chi connectivity index (χ4n) is 2.66. The molecule has 0 spiro atoms. The third-order valence-corrected chi connectivity index (χ3v) is 4.68. The second-order valence-electron chi connectivity index (χ2n) is 6.28. The first-order chi connectivity index (χ1) is 12.1. The van der Waals surface area contributed by atoms with Gasteiger partial charge in [-0.25, -0.2) is 9.59 Å². The summed E-state index contributed by atoms with van der Waals surface area (Å²) in [5.74, 6) is -0.970. The minimum absolute atomic E-state index is 0.342. The van der Waals surface area contributed by atoms with E-state index in [2.05, 4.69) is 9.47 Å². The lowest BCUT2D eigenvalue weighted by Gasteiger charge is -2.39. The SMILES string of the molecule is COC(=O)c1ccc([C@@](C)(O)[C@](C)(O)c2ccc(C(=O)OC)cc2)cc1. The molecule has 0 bridgehead atoms. The van der Waals surface area contributed by atoms with Gasteiger partial charge in [0, 0.05) is 0 Å². The summed E-state index contributed by atoms with van der Waals surface area (Å²) in [6.45, 7) is 2.96. The standard InChI is InChI=1S/C20H22O6/c1-19(23,15-9-5-13(6-10-15)17(21)25-3)20(2,24)16-11-7-14(8-12-16)18(22)26-4/h5-12,23-24H,1-4H3/t19-,20-/m1/s1. The van der Waals surface area contributed by atoms with Crippen LogP contribution in [0.5, 0.6) is 0 Å². The van der Waals surface area contributed by atoms with Crippen molar-refractivity contribution in [3.8, 4) is 0 Å². The van der Waals surface area contributed by atoms with E-state index < -0.39 is 23.1 Å². The third-order valence-electron chi connectivity index (χ3n) is 4.68. The predicted octanol–water partition coefficient (Wildman–Crippen LogP) is 2.38. The Hall–Kier alpha value is -2.70. The lowest BCUT2D eigenvalue weighted by atomic mass is 9.75. The van der Waals surface area contributed by atoms with E-state index in [1.54, 1.807) is 24.3 Å². The molecule has 0 amide bonds. The first-order valence-corrected chi connectivity index (χ1v) is 7.97. The number of benzene rings is 2. The number of methoxy groups -OCH3 is 2. The average Bonchev–Trinajstić information content (AvgIpc) is 2.66. The molecule has 2 aromatic carbocycles. The first-order valence-electron chi connectivity index (χ1n) is 7.97. The van der Waals surface area contributed by atoms with Gasteiger partial charge >= 0.3 is 11.9 Å². The smallest absolute Gasteiger partial charge is 0.337 e. The van der Waals surface area contributed by atoms with Crippen molar-refractivity contribution < 1.29 is 29.3 Å². The van der Waals surface area contributed by atoms with E-state index in [-0.39, 0.29) is 0 Å². The summed E-state index contributed by atoms with van der Waals surface area (Å²) in [6, 6.07) is 12.3. The number of esters is 2. The van der Waals surface area contributed by atoms with Gasteiger partial charge in [0.05, 0.1) is 25.3 Å².